The lowest BCUT2D eigenvalue weighted by Crippen LogP contribution is -2.37. The van der Waals surface area contributed by atoms with Crippen molar-refractivity contribution in [2.75, 3.05) is 45.2 Å². The quantitative estimate of drug-likeness (QED) is 0.361. The van der Waals surface area contributed by atoms with Crippen LogP contribution in [0.3, 0.4) is 0 Å². The molecule has 0 bridgehead atoms. The zero-order valence-corrected chi connectivity index (χ0v) is 22.8. The molecule has 0 aliphatic carbocycles. The molecule has 3 rings (SSSR count). The largest absolute Gasteiger partial charge is 0.492 e. The maximum Gasteiger partial charge on any atom is 0.279 e. The van der Waals surface area contributed by atoms with Crippen molar-refractivity contribution in [2.24, 2.45) is 0 Å². The van der Waals surface area contributed by atoms with Crippen LogP contribution in [0.4, 0.5) is 5.95 Å². The fourth-order valence-corrected chi connectivity index (χ4v) is 4.25. The number of aromatic nitrogens is 4. The third kappa shape index (κ3) is 6.37. The number of anilines is 1. The van der Waals surface area contributed by atoms with Gasteiger partial charge in [0.2, 0.25) is 11.8 Å². The molecule has 1 aromatic carbocycles. The van der Waals surface area contributed by atoms with Crippen molar-refractivity contribution < 1.29 is 17.7 Å². The molecule has 12 heteroatoms. The summed E-state index contributed by atoms with van der Waals surface area (Å²) in [7, 11) is -0.545. The first-order chi connectivity index (χ1) is 17.1. The maximum atomic E-state index is 11.9. The van der Waals surface area contributed by atoms with E-state index in [0.717, 1.165) is 51.9 Å². The summed E-state index contributed by atoms with van der Waals surface area (Å²) in [6, 6.07) is 5.72. The Balaban J connectivity index is 1.82. The number of ether oxygens (including phenoxy) is 1. The second-order valence-electron chi connectivity index (χ2n) is 8.46. The Morgan fingerprint density at radius 3 is 2.39 bits per heavy atom. The normalized spacial score (nSPS) is 11.8. The van der Waals surface area contributed by atoms with E-state index in [-0.39, 0.29) is 13.2 Å². The molecule has 0 saturated carbocycles. The Morgan fingerprint density at radius 2 is 1.75 bits per heavy atom. The molecule has 0 spiro atoms. The van der Waals surface area contributed by atoms with Crippen molar-refractivity contribution in [1.29, 1.82) is 0 Å². The highest BCUT2D eigenvalue weighted by atomic mass is 32.2. The molecule has 3 aromatic rings. The smallest absolute Gasteiger partial charge is 0.279 e. The van der Waals surface area contributed by atoms with Crippen LogP contribution < -0.4 is 14.4 Å². The molecule has 196 valence electrons. The highest BCUT2D eigenvalue weighted by Gasteiger charge is 2.18. The second kappa shape index (κ2) is 11.8. The molecule has 0 aliphatic rings. The number of nitrogens with zero attached hydrogens (tertiary/aromatic N) is 6. The zero-order valence-electron chi connectivity index (χ0n) is 22.0. The summed E-state index contributed by atoms with van der Waals surface area (Å²) in [5.41, 5.74) is 4.06. The van der Waals surface area contributed by atoms with Crippen molar-refractivity contribution in [3.63, 3.8) is 0 Å². The van der Waals surface area contributed by atoms with Crippen LogP contribution in [0.15, 0.2) is 22.7 Å². The first-order valence-electron chi connectivity index (χ1n) is 12.0. The minimum atomic E-state index is -3.49. The molecule has 0 radical (unpaired) electrons. The Hall–Kier alpha value is -3.09. The fraction of sp³-hybridized carbons (Fsp3) is 0.500. The Kier molecular flexibility index (Phi) is 8.98. The fourth-order valence-electron chi connectivity index (χ4n) is 3.65. The van der Waals surface area contributed by atoms with Gasteiger partial charge in [-0.1, -0.05) is 12.1 Å². The summed E-state index contributed by atoms with van der Waals surface area (Å²) in [4.78, 5) is 15.8. The van der Waals surface area contributed by atoms with E-state index in [1.54, 1.807) is 0 Å². The lowest BCUT2D eigenvalue weighted by atomic mass is 10.0. The van der Waals surface area contributed by atoms with Gasteiger partial charge in [-0.2, -0.15) is 22.4 Å². The second-order valence-corrected chi connectivity index (χ2v) is 10.4. The van der Waals surface area contributed by atoms with Gasteiger partial charge in [-0.3, -0.25) is 0 Å². The first kappa shape index (κ1) is 27.5. The number of rotatable bonds is 12. The molecule has 11 nitrogen and oxygen atoms in total. The highest BCUT2D eigenvalue weighted by Crippen LogP contribution is 2.31. The van der Waals surface area contributed by atoms with E-state index >= 15 is 0 Å². The van der Waals surface area contributed by atoms with Crippen LogP contribution in [-0.4, -0.2) is 73.2 Å². The van der Waals surface area contributed by atoms with Gasteiger partial charge < -0.3 is 14.2 Å². The van der Waals surface area contributed by atoms with E-state index in [0.29, 0.717) is 23.4 Å². The average Bonchev–Trinajstić information content (AvgIpc) is 3.33. The maximum absolute atomic E-state index is 11.9. The molecule has 0 saturated heterocycles. The van der Waals surface area contributed by atoms with E-state index in [2.05, 4.69) is 43.6 Å². The molecule has 0 fully saturated rings. The van der Waals surface area contributed by atoms with Crippen LogP contribution in [0.25, 0.3) is 23.0 Å². The van der Waals surface area contributed by atoms with Crippen LogP contribution in [0.2, 0.25) is 0 Å². The number of nitrogens with one attached hydrogen (secondary N) is 1. The molecule has 0 amide bonds. The van der Waals surface area contributed by atoms with Crippen molar-refractivity contribution in [1.82, 2.24) is 29.1 Å². The number of hydrogen-bond acceptors (Lipinski definition) is 9. The van der Waals surface area contributed by atoms with Crippen LogP contribution in [-0.2, 0) is 16.6 Å². The van der Waals surface area contributed by atoms with Gasteiger partial charge in [0, 0.05) is 45.0 Å². The van der Waals surface area contributed by atoms with E-state index in [1.807, 2.05) is 39.0 Å². The van der Waals surface area contributed by atoms with Crippen molar-refractivity contribution in [3.05, 3.63) is 35.0 Å². The molecular formula is C24H35N7O4S. The number of benzene rings is 1. The third-order valence-corrected chi connectivity index (χ3v) is 7.17. The summed E-state index contributed by atoms with van der Waals surface area (Å²) < 4.78 is 38.8. The SMILES string of the molecule is CCc1cc(-c2noc(-c3cc(C)nc(N(CC)CC)n3)n2)cc(C)c1OCCNS(=O)(=O)N(C)C. The number of aryl methyl sites for hydroxylation is 3. The predicted octanol–water partition coefficient (Wildman–Crippen LogP) is 2.99. The van der Waals surface area contributed by atoms with Gasteiger partial charge >= 0.3 is 0 Å². The van der Waals surface area contributed by atoms with E-state index < -0.39 is 10.2 Å². The van der Waals surface area contributed by atoms with Crippen molar-refractivity contribution in [2.45, 2.75) is 41.0 Å². The van der Waals surface area contributed by atoms with Gasteiger partial charge in [-0.25, -0.2) is 9.97 Å². The topological polar surface area (TPSA) is 127 Å². The minimum Gasteiger partial charge on any atom is -0.492 e. The summed E-state index contributed by atoms with van der Waals surface area (Å²) in [5, 5.41) is 4.19. The Labute approximate surface area is 213 Å². The Bertz CT molecular complexity index is 1290. The molecule has 2 aromatic heterocycles. The summed E-state index contributed by atoms with van der Waals surface area (Å²) in [5.74, 6) is 2.14. The third-order valence-electron chi connectivity index (χ3n) is 5.64. The number of hydrogen-bond donors (Lipinski definition) is 1. The van der Waals surface area contributed by atoms with Gasteiger partial charge in [0.1, 0.15) is 18.1 Å². The predicted molar refractivity (Wildman–Crippen MR) is 139 cm³/mol. The monoisotopic (exact) mass is 517 g/mol. The van der Waals surface area contributed by atoms with Crippen LogP contribution in [0.5, 0.6) is 5.75 Å². The summed E-state index contributed by atoms with van der Waals surface area (Å²) in [6.45, 7) is 11.9. The molecule has 0 aliphatic heterocycles. The molecule has 2 heterocycles. The molecule has 1 N–H and O–H groups in total. The lowest BCUT2D eigenvalue weighted by Gasteiger charge is -2.18. The van der Waals surface area contributed by atoms with Crippen molar-refractivity contribution >= 4 is 16.2 Å². The van der Waals surface area contributed by atoms with Gasteiger partial charge in [-0.05, 0) is 63.4 Å². The van der Waals surface area contributed by atoms with E-state index in [1.165, 1.54) is 14.1 Å². The van der Waals surface area contributed by atoms with Crippen molar-refractivity contribution in [3.8, 4) is 28.7 Å². The van der Waals surface area contributed by atoms with Gasteiger partial charge in [0.05, 0.1) is 0 Å². The standard InChI is InChI=1S/C24H35N7O4S/c1-8-18-15-19(13-16(4)21(18)34-12-11-25-36(32,33)30(6)7)22-28-23(35-29-22)20-14-17(5)26-24(27-20)31(9-2)10-3/h13-15,25H,8-12H2,1-7H3. The highest BCUT2D eigenvalue weighted by molar-refractivity contribution is 7.87. The van der Waals surface area contributed by atoms with E-state index in [9.17, 15) is 8.42 Å². The van der Waals surface area contributed by atoms with Gasteiger partial charge in [0.15, 0.2) is 0 Å². The minimum absolute atomic E-state index is 0.160. The van der Waals surface area contributed by atoms with Crippen LogP contribution in [0, 0.1) is 13.8 Å². The van der Waals surface area contributed by atoms with Gasteiger partial charge in [0.25, 0.3) is 16.1 Å². The molecule has 0 unspecified atom stereocenters. The van der Waals surface area contributed by atoms with Crippen LogP contribution in [0.1, 0.15) is 37.6 Å². The molecule has 36 heavy (non-hydrogen) atoms. The summed E-state index contributed by atoms with van der Waals surface area (Å²) >= 11 is 0. The Morgan fingerprint density at radius 1 is 1.03 bits per heavy atom. The molecular weight excluding hydrogens is 482 g/mol. The van der Waals surface area contributed by atoms with E-state index in [4.69, 9.17) is 9.26 Å². The first-order valence-corrected chi connectivity index (χ1v) is 13.4. The molecule has 0 atom stereocenters. The zero-order chi connectivity index (χ0) is 26.5. The van der Waals surface area contributed by atoms with Crippen LogP contribution >= 0.6 is 0 Å². The average molecular weight is 518 g/mol. The lowest BCUT2D eigenvalue weighted by molar-refractivity contribution is 0.316. The van der Waals surface area contributed by atoms with Gasteiger partial charge in [-0.15, -0.1) is 0 Å². The summed E-state index contributed by atoms with van der Waals surface area (Å²) in [6.07, 6.45) is 0.719.